The van der Waals surface area contributed by atoms with E-state index in [1.807, 2.05) is 31.2 Å². The summed E-state index contributed by atoms with van der Waals surface area (Å²) in [4.78, 5) is 24.3. The highest BCUT2D eigenvalue weighted by atomic mass is 32.1. The number of amides is 1. The van der Waals surface area contributed by atoms with E-state index in [4.69, 9.17) is 9.84 Å². The second kappa shape index (κ2) is 13.6. The number of carboxylic acids is 1. The van der Waals surface area contributed by atoms with Crippen LogP contribution in [0.4, 0.5) is 0 Å². The molecule has 0 aliphatic heterocycles. The Bertz CT molecular complexity index is 774. The molecule has 0 bridgehead atoms. The summed E-state index contributed by atoms with van der Waals surface area (Å²) in [6, 6.07) is 3.67. The SMILES string of the molecule is C=C/C=C(\C)C/C=C\C(=C/C)OC(CCC)c1ccc(C(=O)NCCC(=O)O)s1. The van der Waals surface area contributed by atoms with Gasteiger partial charge < -0.3 is 15.2 Å². The van der Waals surface area contributed by atoms with Gasteiger partial charge in [-0.2, -0.15) is 0 Å². The fourth-order valence-electron chi connectivity index (χ4n) is 2.54. The second-order valence-electron chi connectivity index (χ2n) is 6.54. The van der Waals surface area contributed by atoms with Gasteiger partial charge in [0.2, 0.25) is 0 Å². The van der Waals surface area contributed by atoms with Crippen molar-refractivity contribution >= 4 is 23.2 Å². The summed E-state index contributed by atoms with van der Waals surface area (Å²) in [6.45, 7) is 9.90. The maximum atomic E-state index is 12.2. The average Bonchev–Trinajstić information content (AvgIpc) is 3.16. The van der Waals surface area contributed by atoms with Crippen molar-refractivity contribution < 1.29 is 19.4 Å². The molecule has 0 aliphatic rings. The molecule has 1 aromatic rings. The summed E-state index contributed by atoms with van der Waals surface area (Å²) in [5.74, 6) is -0.403. The van der Waals surface area contributed by atoms with Gasteiger partial charge in [-0.05, 0) is 51.0 Å². The van der Waals surface area contributed by atoms with Crippen LogP contribution in [0.2, 0.25) is 0 Å². The zero-order chi connectivity index (χ0) is 21.6. The molecule has 0 aliphatic carbocycles. The molecule has 0 fully saturated rings. The Kier molecular flexibility index (Phi) is 11.4. The first-order chi connectivity index (χ1) is 13.9. The minimum atomic E-state index is -0.935. The first kappa shape index (κ1) is 24.4. The molecule has 0 spiro atoms. The zero-order valence-corrected chi connectivity index (χ0v) is 18.3. The van der Waals surface area contributed by atoms with Crippen molar-refractivity contribution in [3.8, 4) is 0 Å². The Balaban J connectivity index is 2.78. The number of hydrogen-bond donors (Lipinski definition) is 2. The van der Waals surface area contributed by atoms with Gasteiger partial charge in [-0.15, -0.1) is 11.3 Å². The van der Waals surface area contributed by atoms with Crippen LogP contribution in [0.1, 0.15) is 67.1 Å². The molecule has 1 heterocycles. The summed E-state index contributed by atoms with van der Waals surface area (Å²) >= 11 is 1.38. The Morgan fingerprint density at radius 2 is 2.14 bits per heavy atom. The molecule has 29 heavy (non-hydrogen) atoms. The molecule has 2 N–H and O–H groups in total. The molecule has 0 radical (unpaired) electrons. The van der Waals surface area contributed by atoms with Crippen molar-refractivity contribution in [1.29, 1.82) is 0 Å². The van der Waals surface area contributed by atoms with Crippen LogP contribution in [-0.2, 0) is 9.53 Å². The number of thiophene rings is 1. The van der Waals surface area contributed by atoms with Crippen LogP contribution in [0.3, 0.4) is 0 Å². The molecule has 6 heteroatoms. The normalized spacial score (nSPS) is 13.3. The summed E-state index contributed by atoms with van der Waals surface area (Å²) in [5.41, 5.74) is 1.22. The van der Waals surface area contributed by atoms with Gasteiger partial charge in [0.05, 0.1) is 11.3 Å². The highest BCUT2D eigenvalue weighted by molar-refractivity contribution is 7.14. The third-order valence-corrected chi connectivity index (χ3v) is 5.21. The van der Waals surface area contributed by atoms with Crippen molar-refractivity contribution in [3.63, 3.8) is 0 Å². The van der Waals surface area contributed by atoms with Gasteiger partial charge in [0, 0.05) is 11.4 Å². The van der Waals surface area contributed by atoms with Crippen LogP contribution in [0.15, 0.2) is 60.4 Å². The van der Waals surface area contributed by atoms with Crippen LogP contribution in [0.25, 0.3) is 0 Å². The lowest BCUT2D eigenvalue weighted by Gasteiger charge is -2.18. The van der Waals surface area contributed by atoms with E-state index in [9.17, 15) is 9.59 Å². The number of allylic oxidation sites excluding steroid dienone is 6. The Hall–Kier alpha value is -2.60. The third kappa shape index (κ3) is 9.43. The van der Waals surface area contributed by atoms with Crippen LogP contribution in [-0.4, -0.2) is 23.5 Å². The molecular weight excluding hydrogens is 386 g/mol. The van der Waals surface area contributed by atoms with Gasteiger partial charge in [-0.3, -0.25) is 9.59 Å². The second-order valence-corrected chi connectivity index (χ2v) is 7.66. The molecule has 0 aromatic carbocycles. The number of carbonyl (C=O) groups excluding carboxylic acids is 1. The molecule has 0 saturated carbocycles. The van der Waals surface area contributed by atoms with E-state index in [0.717, 1.165) is 29.9 Å². The highest BCUT2D eigenvalue weighted by Crippen LogP contribution is 2.31. The smallest absolute Gasteiger partial charge is 0.305 e. The maximum absolute atomic E-state index is 12.2. The predicted octanol–water partition coefficient (Wildman–Crippen LogP) is 5.79. The number of ether oxygens (including phenoxy) is 1. The van der Waals surface area contributed by atoms with Crippen molar-refractivity contribution in [1.82, 2.24) is 5.32 Å². The molecular formula is C23H31NO4S. The van der Waals surface area contributed by atoms with Crippen molar-refractivity contribution in [2.75, 3.05) is 6.54 Å². The summed E-state index contributed by atoms with van der Waals surface area (Å²) in [5, 5.41) is 11.3. The maximum Gasteiger partial charge on any atom is 0.305 e. The van der Waals surface area contributed by atoms with Crippen molar-refractivity contribution in [2.24, 2.45) is 0 Å². The third-order valence-electron chi connectivity index (χ3n) is 4.03. The van der Waals surface area contributed by atoms with Crippen molar-refractivity contribution in [2.45, 2.75) is 52.6 Å². The molecule has 158 valence electrons. The molecule has 0 saturated heterocycles. The average molecular weight is 418 g/mol. The topological polar surface area (TPSA) is 75.6 Å². The highest BCUT2D eigenvalue weighted by Gasteiger charge is 2.18. The standard InChI is InChI=1S/C23H31NO4S/c1-5-9-17(4)11-8-12-18(7-3)28-19(10-6-2)20-13-14-21(29-20)23(27)24-16-15-22(25)26/h5,7-9,12-14,19H,1,6,10-11,15-16H2,2-4H3,(H,24,27)(H,25,26)/b12-8-,17-9+,18-7+. The first-order valence-electron chi connectivity index (χ1n) is 9.78. The van der Waals surface area contributed by atoms with E-state index < -0.39 is 5.97 Å². The van der Waals surface area contributed by atoms with Crippen LogP contribution in [0, 0.1) is 0 Å². The van der Waals surface area contributed by atoms with Gasteiger partial charge in [0.25, 0.3) is 5.91 Å². The quantitative estimate of drug-likeness (QED) is 0.314. The fourth-order valence-corrected chi connectivity index (χ4v) is 3.53. The van der Waals surface area contributed by atoms with E-state index in [-0.39, 0.29) is 25.0 Å². The Morgan fingerprint density at radius 3 is 2.76 bits per heavy atom. The fraction of sp³-hybridized carbons (Fsp3) is 0.391. The largest absolute Gasteiger partial charge is 0.485 e. The molecule has 1 atom stereocenters. The van der Waals surface area contributed by atoms with Crippen LogP contribution >= 0.6 is 11.3 Å². The summed E-state index contributed by atoms with van der Waals surface area (Å²) < 4.78 is 6.21. The number of nitrogens with one attached hydrogen (secondary N) is 1. The van der Waals surface area contributed by atoms with Crippen molar-refractivity contribution in [3.05, 3.63) is 70.2 Å². The zero-order valence-electron chi connectivity index (χ0n) is 17.4. The number of carbonyl (C=O) groups is 2. The number of aliphatic carboxylic acids is 1. The Morgan fingerprint density at radius 1 is 1.38 bits per heavy atom. The van der Waals surface area contributed by atoms with Crippen LogP contribution < -0.4 is 5.32 Å². The van der Waals surface area contributed by atoms with Crippen LogP contribution in [0.5, 0.6) is 0 Å². The lowest BCUT2D eigenvalue weighted by atomic mass is 10.1. The number of rotatable bonds is 13. The van der Waals surface area contributed by atoms with E-state index in [1.54, 1.807) is 12.1 Å². The van der Waals surface area contributed by atoms with E-state index in [1.165, 1.54) is 16.9 Å². The van der Waals surface area contributed by atoms with Gasteiger partial charge >= 0.3 is 5.97 Å². The molecule has 1 amide bonds. The monoisotopic (exact) mass is 417 g/mol. The number of hydrogen-bond acceptors (Lipinski definition) is 4. The van der Waals surface area contributed by atoms with Gasteiger partial charge in [0.15, 0.2) is 0 Å². The molecule has 1 rings (SSSR count). The predicted molar refractivity (Wildman–Crippen MR) is 119 cm³/mol. The van der Waals surface area contributed by atoms with Gasteiger partial charge in [0.1, 0.15) is 11.9 Å². The minimum Gasteiger partial charge on any atom is -0.485 e. The molecule has 5 nitrogen and oxygen atoms in total. The molecule has 1 aromatic heterocycles. The van der Waals surface area contributed by atoms with E-state index in [0.29, 0.717) is 4.88 Å². The van der Waals surface area contributed by atoms with Gasteiger partial charge in [-0.25, -0.2) is 0 Å². The lowest BCUT2D eigenvalue weighted by molar-refractivity contribution is -0.136. The first-order valence-corrected chi connectivity index (χ1v) is 10.6. The van der Waals surface area contributed by atoms with E-state index >= 15 is 0 Å². The summed E-state index contributed by atoms with van der Waals surface area (Å²) in [7, 11) is 0. The summed E-state index contributed by atoms with van der Waals surface area (Å²) in [6.07, 6.45) is 12.1. The minimum absolute atomic E-state index is 0.0933. The Labute approximate surface area is 177 Å². The molecule has 1 unspecified atom stereocenters. The van der Waals surface area contributed by atoms with E-state index in [2.05, 4.69) is 31.8 Å². The van der Waals surface area contributed by atoms with Gasteiger partial charge in [-0.1, -0.05) is 43.7 Å². The number of carboxylic acid groups (broad SMARTS) is 1. The lowest BCUT2D eigenvalue weighted by Crippen LogP contribution is -2.25.